The molecule has 0 radical (unpaired) electrons. The van der Waals surface area contributed by atoms with E-state index in [9.17, 15) is 0 Å². The molecule has 2 aromatic rings. The molecule has 1 aromatic carbocycles. The number of nitrogens with zero attached hydrogens (tertiary/aromatic N) is 1. The van der Waals surface area contributed by atoms with Crippen LogP contribution < -0.4 is 5.73 Å². The van der Waals surface area contributed by atoms with Crippen molar-refractivity contribution in [3.8, 4) is 0 Å². The zero-order chi connectivity index (χ0) is 11.7. The molecule has 1 saturated carbocycles. The molecule has 2 heteroatoms. The highest BCUT2D eigenvalue weighted by molar-refractivity contribution is 5.80. The summed E-state index contributed by atoms with van der Waals surface area (Å²) in [5.74, 6) is 0.889. The molecule has 2 nitrogen and oxygen atoms in total. The first kappa shape index (κ1) is 10.8. The lowest BCUT2D eigenvalue weighted by Crippen LogP contribution is -2.06. The van der Waals surface area contributed by atoms with E-state index >= 15 is 0 Å². The predicted octanol–water partition coefficient (Wildman–Crippen LogP) is 3.29. The predicted molar refractivity (Wildman–Crippen MR) is 71.8 cm³/mol. The third-order valence-corrected chi connectivity index (χ3v) is 4.00. The number of aromatic nitrogens is 1. The minimum Gasteiger partial charge on any atom is -0.347 e. The van der Waals surface area contributed by atoms with Crippen LogP contribution in [0.4, 0.5) is 0 Å². The lowest BCUT2D eigenvalue weighted by Gasteiger charge is -2.11. The van der Waals surface area contributed by atoms with Gasteiger partial charge in [0.1, 0.15) is 0 Å². The number of rotatable bonds is 3. The first-order valence-corrected chi connectivity index (χ1v) is 6.64. The van der Waals surface area contributed by atoms with Gasteiger partial charge in [0, 0.05) is 24.8 Å². The average Bonchev–Trinajstić information content (AvgIpc) is 2.99. The minimum atomic E-state index is 0.629. The zero-order valence-corrected chi connectivity index (χ0v) is 10.2. The van der Waals surface area contributed by atoms with Crippen molar-refractivity contribution in [2.75, 3.05) is 0 Å². The van der Waals surface area contributed by atoms with Crippen molar-refractivity contribution in [2.45, 2.75) is 38.8 Å². The maximum atomic E-state index is 5.67. The molecule has 1 heterocycles. The van der Waals surface area contributed by atoms with E-state index in [1.807, 2.05) is 0 Å². The standard InChI is InChI=1S/C15H20N2/c16-10-13-5-6-15-14(9-13)7-8-17(15)11-12-3-1-2-4-12/h5-9,12H,1-4,10-11,16H2. The average molecular weight is 228 g/mol. The van der Waals surface area contributed by atoms with Crippen molar-refractivity contribution in [1.82, 2.24) is 4.57 Å². The Labute approximate surface area is 102 Å². The van der Waals surface area contributed by atoms with E-state index in [0.29, 0.717) is 6.54 Å². The van der Waals surface area contributed by atoms with E-state index < -0.39 is 0 Å². The second kappa shape index (κ2) is 4.53. The Bertz CT molecular complexity index is 507. The Balaban J connectivity index is 1.89. The summed E-state index contributed by atoms with van der Waals surface area (Å²) >= 11 is 0. The molecule has 0 spiro atoms. The summed E-state index contributed by atoms with van der Waals surface area (Å²) < 4.78 is 2.41. The van der Waals surface area contributed by atoms with Crippen LogP contribution in [-0.2, 0) is 13.1 Å². The first-order chi connectivity index (χ1) is 8.36. The first-order valence-electron chi connectivity index (χ1n) is 6.64. The summed E-state index contributed by atoms with van der Waals surface area (Å²) in [6, 6.07) is 8.78. The molecule has 1 aromatic heterocycles. The Hall–Kier alpha value is -1.28. The van der Waals surface area contributed by atoms with E-state index in [2.05, 4.69) is 35.0 Å². The molecule has 90 valence electrons. The molecule has 1 aliphatic carbocycles. The monoisotopic (exact) mass is 228 g/mol. The van der Waals surface area contributed by atoms with Gasteiger partial charge in [-0.3, -0.25) is 0 Å². The molecule has 0 bridgehead atoms. The largest absolute Gasteiger partial charge is 0.347 e. The fourth-order valence-corrected chi connectivity index (χ4v) is 3.01. The molecule has 0 amide bonds. The summed E-state index contributed by atoms with van der Waals surface area (Å²) in [5.41, 5.74) is 8.25. The van der Waals surface area contributed by atoms with Gasteiger partial charge in [-0.05, 0) is 47.9 Å². The van der Waals surface area contributed by atoms with Crippen LogP contribution in [0.3, 0.4) is 0 Å². The quantitative estimate of drug-likeness (QED) is 0.858. The van der Waals surface area contributed by atoms with Gasteiger partial charge in [-0.15, -0.1) is 0 Å². The van der Waals surface area contributed by atoms with Gasteiger partial charge >= 0.3 is 0 Å². The van der Waals surface area contributed by atoms with Gasteiger partial charge in [0.15, 0.2) is 0 Å². The van der Waals surface area contributed by atoms with Gasteiger partial charge < -0.3 is 10.3 Å². The second-order valence-electron chi connectivity index (χ2n) is 5.22. The van der Waals surface area contributed by atoms with E-state index in [0.717, 1.165) is 5.92 Å². The summed E-state index contributed by atoms with van der Waals surface area (Å²) in [6.45, 7) is 1.81. The molecule has 17 heavy (non-hydrogen) atoms. The molecular weight excluding hydrogens is 208 g/mol. The number of nitrogens with two attached hydrogens (primary N) is 1. The topological polar surface area (TPSA) is 30.9 Å². The summed E-state index contributed by atoms with van der Waals surface area (Å²) in [4.78, 5) is 0. The van der Waals surface area contributed by atoms with Crippen LogP contribution in [0.25, 0.3) is 10.9 Å². The Morgan fingerprint density at radius 3 is 2.76 bits per heavy atom. The van der Waals surface area contributed by atoms with Crippen LogP contribution in [0.2, 0.25) is 0 Å². The Morgan fingerprint density at radius 2 is 2.00 bits per heavy atom. The van der Waals surface area contributed by atoms with Gasteiger partial charge in [0.2, 0.25) is 0 Å². The highest BCUT2D eigenvalue weighted by Crippen LogP contribution is 2.28. The fourth-order valence-electron chi connectivity index (χ4n) is 3.01. The van der Waals surface area contributed by atoms with Crippen molar-refractivity contribution < 1.29 is 0 Å². The normalized spacial score (nSPS) is 17.0. The number of fused-ring (bicyclic) bond motifs is 1. The third kappa shape index (κ3) is 2.09. The zero-order valence-electron chi connectivity index (χ0n) is 10.2. The van der Waals surface area contributed by atoms with E-state index in [1.165, 1.54) is 48.7 Å². The van der Waals surface area contributed by atoms with Crippen molar-refractivity contribution >= 4 is 10.9 Å². The van der Waals surface area contributed by atoms with Crippen LogP contribution in [0, 0.1) is 5.92 Å². The van der Waals surface area contributed by atoms with Crippen LogP contribution in [0.1, 0.15) is 31.2 Å². The smallest absolute Gasteiger partial charge is 0.0480 e. The van der Waals surface area contributed by atoms with Crippen LogP contribution in [0.5, 0.6) is 0 Å². The molecule has 0 saturated heterocycles. The molecule has 0 atom stereocenters. The highest BCUT2D eigenvalue weighted by Gasteiger charge is 2.15. The van der Waals surface area contributed by atoms with E-state index in [1.54, 1.807) is 0 Å². The van der Waals surface area contributed by atoms with Crippen LogP contribution >= 0.6 is 0 Å². The summed E-state index contributed by atoms with van der Waals surface area (Å²) in [6.07, 6.45) is 7.87. The van der Waals surface area contributed by atoms with Crippen molar-refractivity contribution in [2.24, 2.45) is 11.7 Å². The van der Waals surface area contributed by atoms with E-state index in [4.69, 9.17) is 5.73 Å². The highest BCUT2D eigenvalue weighted by atomic mass is 15.0. The van der Waals surface area contributed by atoms with Gasteiger partial charge in [0.25, 0.3) is 0 Å². The van der Waals surface area contributed by atoms with Crippen molar-refractivity contribution in [3.05, 3.63) is 36.0 Å². The van der Waals surface area contributed by atoms with E-state index in [-0.39, 0.29) is 0 Å². The van der Waals surface area contributed by atoms with Gasteiger partial charge in [-0.1, -0.05) is 18.9 Å². The minimum absolute atomic E-state index is 0.629. The summed E-state index contributed by atoms with van der Waals surface area (Å²) in [7, 11) is 0. The maximum Gasteiger partial charge on any atom is 0.0480 e. The molecular formula is C15H20N2. The summed E-state index contributed by atoms with van der Waals surface area (Å²) in [5, 5.41) is 1.32. The maximum absolute atomic E-state index is 5.67. The molecule has 0 unspecified atom stereocenters. The number of hydrogen-bond donors (Lipinski definition) is 1. The van der Waals surface area contributed by atoms with Crippen molar-refractivity contribution in [3.63, 3.8) is 0 Å². The second-order valence-corrected chi connectivity index (χ2v) is 5.22. The molecule has 3 rings (SSSR count). The number of benzene rings is 1. The lowest BCUT2D eigenvalue weighted by atomic mass is 10.1. The molecule has 2 N–H and O–H groups in total. The lowest BCUT2D eigenvalue weighted by molar-refractivity contribution is 0.466. The molecule has 0 aliphatic heterocycles. The van der Waals surface area contributed by atoms with Crippen molar-refractivity contribution in [1.29, 1.82) is 0 Å². The van der Waals surface area contributed by atoms with Crippen LogP contribution in [-0.4, -0.2) is 4.57 Å². The fraction of sp³-hybridized carbons (Fsp3) is 0.467. The Kier molecular flexibility index (Phi) is 2.89. The Morgan fingerprint density at radius 1 is 1.18 bits per heavy atom. The van der Waals surface area contributed by atoms with Crippen LogP contribution in [0.15, 0.2) is 30.5 Å². The van der Waals surface area contributed by atoms with Gasteiger partial charge in [-0.25, -0.2) is 0 Å². The third-order valence-electron chi connectivity index (χ3n) is 4.00. The van der Waals surface area contributed by atoms with Gasteiger partial charge in [0.05, 0.1) is 0 Å². The van der Waals surface area contributed by atoms with Gasteiger partial charge in [-0.2, -0.15) is 0 Å². The molecule has 1 aliphatic rings. The molecule has 1 fully saturated rings. The SMILES string of the molecule is NCc1ccc2c(ccn2CC2CCCC2)c1. The number of hydrogen-bond acceptors (Lipinski definition) is 1.